The van der Waals surface area contributed by atoms with Crippen molar-refractivity contribution in [1.82, 2.24) is 0 Å². The first kappa shape index (κ1) is 11.0. The van der Waals surface area contributed by atoms with Gasteiger partial charge in [-0.05, 0) is 24.3 Å². The molecule has 1 amide bonds. The fourth-order valence-corrected chi connectivity index (χ4v) is 2.77. The number of para-hydroxylation sites is 1. The van der Waals surface area contributed by atoms with Gasteiger partial charge in [0.1, 0.15) is 11.3 Å². The van der Waals surface area contributed by atoms with Crippen LogP contribution in [0.25, 0.3) is 11.0 Å². The molecule has 0 bridgehead atoms. The van der Waals surface area contributed by atoms with Crippen LogP contribution in [-0.4, -0.2) is 5.91 Å². The minimum Gasteiger partial charge on any atom is -0.461 e. The highest BCUT2D eigenvalue weighted by atomic mass is 32.1. The van der Waals surface area contributed by atoms with E-state index in [1.54, 1.807) is 6.07 Å². The van der Waals surface area contributed by atoms with Crippen molar-refractivity contribution in [3.63, 3.8) is 0 Å². The third kappa shape index (κ3) is 2.02. The van der Waals surface area contributed by atoms with E-state index < -0.39 is 0 Å². The zero-order valence-corrected chi connectivity index (χ0v) is 10.4. The Balaban J connectivity index is 1.88. The normalized spacial score (nSPS) is 10.9. The lowest BCUT2D eigenvalue weighted by Gasteiger charge is -1.91. The number of carbonyl (C=O) groups excluding carboxylic acids is 1. The quantitative estimate of drug-likeness (QED) is 0.783. The average molecular weight is 257 g/mol. The molecule has 90 valence electrons. The molecule has 2 N–H and O–H groups in total. The number of fused-ring (bicyclic) bond motifs is 1. The summed E-state index contributed by atoms with van der Waals surface area (Å²) in [4.78, 5) is 12.7. The Morgan fingerprint density at radius 2 is 2.06 bits per heavy atom. The maximum atomic E-state index is 11.0. The predicted octanol–water partition coefficient (Wildman–Crippen LogP) is 3.18. The van der Waals surface area contributed by atoms with Crippen LogP contribution < -0.4 is 5.73 Å². The number of carbonyl (C=O) groups is 1. The molecule has 0 aliphatic carbocycles. The molecule has 4 heteroatoms. The molecular weight excluding hydrogens is 246 g/mol. The molecule has 0 aliphatic heterocycles. The summed E-state index contributed by atoms with van der Waals surface area (Å²) in [5, 5.41) is 1.10. The molecule has 18 heavy (non-hydrogen) atoms. The van der Waals surface area contributed by atoms with Gasteiger partial charge in [-0.15, -0.1) is 11.3 Å². The van der Waals surface area contributed by atoms with Gasteiger partial charge in [0.25, 0.3) is 5.91 Å². The highest BCUT2D eigenvalue weighted by Gasteiger charge is 2.08. The van der Waals surface area contributed by atoms with Gasteiger partial charge in [0, 0.05) is 16.7 Å². The third-order valence-electron chi connectivity index (χ3n) is 2.73. The Labute approximate surface area is 108 Å². The smallest absolute Gasteiger partial charge is 0.258 e. The lowest BCUT2D eigenvalue weighted by atomic mass is 10.2. The second-order valence-corrected chi connectivity index (χ2v) is 5.23. The van der Waals surface area contributed by atoms with Crippen molar-refractivity contribution >= 4 is 28.2 Å². The molecule has 0 fully saturated rings. The molecule has 2 aromatic heterocycles. The monoisotopic (exact) mass is 257 g/mol. The number of hydrogen-bond donors (Lipinski definition) is 1. The topological polar surface area (TPSA) is 56.2 Å². The van der Waals surface area contributed by atoms with Gasteiger partial charge in [-0.2, -0.15) is 0 Å². The molecule has 0 saturated heterocycles. The molecular formula is C14H11NO2S. The van der Waals surface area contributed by atoms with Crippen molar-refractivity contribution < 1.29 is 9.21 Å². The first-order valence-corrected chi connectivity index (χ1v) is 6.40. The van der Waals surface area contributed by atoms with Gasteiger partial charge < -0.3 is 10.2 Å². The highest BCUT2D eigenvalue weighted by Crippen LogP contribution is 2.24. The number of furan rings is 1. The Bertz CT molecular complexity index is 678. The summed E-state index contributed by atoms with van der Waals surface area (Å²) in [5.74, 6) is 0.518. The fourth-order valence-electron chi connectivity index (χ4n) is 1.90. The minimum absolute atomic E-state index is 0.379. The van der Waals surface area contributed by atoms with Crippen LogP contribution in [0.3, 0.4) is 0 Å². The largest absolute Gasteiger partial charge is 0.461 e. The van der Waals surface area contributed by atoms with Crippen LogP contribution in [0.2, 0.25) is 0 Å². The summed E-state index contributed by atoms with van der Waals surface area (Å²) in [6.07, 6.45) is 0.687. The maximum absolute atomic E-state index is 11.0. The Kier molecular flexibility index (Phi) is 2.64. The molecule has 2 heterocycles. The highest BCUT2D eigenvalue weighted by molar-refractivity contribution is 7.14. The van der Waals surface area contributed by atoms with Crippen molar-refractivity contribution in [3.05, 3.63) is 58.0 Å². The van der Waals surface area contributed by atoms with E-state index in [1.807, 2.05) is 36.4 Å². The van der Waals surface area contributed by atoms with Crippen LogP contribution in [-0.2, 0) is 6.42 Å². The molecule has 0 saturated carbocycles. The predicted molar refractivity (Wildman–Crippen MR) is 71.9 cm³/mol. The van der Waals surface area contributed by atoms with E-state index in [-0.39, 0.29) is 5.91 Å². The van der Waals surface area contributed by atoms with Gasteiger partial charge in [0.05, 0.1) is 4.88 Å². The molecule has 3 rings (SSSR count). The Morgan fingerprint density at radius 3 is 2.78 bits per heavy atom. The molecule has 0 atom stereocenters. The number of nitrogens with two attached hydrogens (primary N) is 1. The first-order valence-electron chi connectivity index (χ1n) is 5.58. The number of benzene rings is 1. The van der Waals surface area contributed by atoms with Crippen molar-refractivity contribution in [1.29, 1.82) is 0 Å². The third-order valence-corrected chi connectivity index (χ3v) is 3.83. The molecule has 0 unspecified atom stereocenters. The molecule has 1 aromatic carbocycles. The average Bonchev–Trinajstić information content (AvgIpc) is 2.94. The zero-order chi connectivity index (χ0) is 12.5. The molecule has 3 nitrogen and oxygen atoms in total. The fraction of sp³-hybridized carbons (Fsp3) is 0.0714. The van der Waals surface area contributed by atoms with Gasteiger partial charge in [-0.25, -0.2) is 0 Å². The summed E-state index contributed by atoms with van der Waals surface area (Å²) < 4.78 is 5.73. The Morgan fingerprint density at radius 1 is 1.22 bits per heavy atom. The zero-order valence-electron chi connectivity index (χ0n) is 9.55. The first-order chi connectivity index (χ1) is 8.72. The van der Waals surface area contributed by atoms with Crippen LogP contribution in [0.4, 0.5) is 0 Å². The standard InChI is InChI=1S/C14H11NO2S/c15-14(16)13-6-5-11(18-13)8-10-7-9-3-1-2-4-12(9)17-10/h1-7H,8H2,(H2,15,16). The lowest BCUT2D eigenvalue weighted by Crippen LogP contribution is -2.08. The van der Waals surface area contributed by atoms with E-state index in [1.165, 1.54) is 11.3 Å². The van der Waals surface area contributed by atoms with Gasteiger partial charge in [-0.1, -0.05) is 18.2 Å². The van der Waals surface area contributed by atoms with E-state index in [4.69, 9.17) is 10.2 Å². The number of primary amides is 1. The van der Waals surface area contributed by atoms with Crippen LogP contribution in [0.1, 0.15) is 20.3 Å². The summed E-state index contributed by atoms with van der Waals surface area (Å²) in [7, 11) is 0. The second kappa shape index (κ2) is 4.31. The van der Waals surface area contributed by atoms with Crippen molar-refractivity contribution in [2.24, 2.45) is 5.73 Å². The summed E-state index contributed by atoms with van der Waals surface area (Å²) in [6.45, 7) is 0. The molecule has 0 spiro atoms. The van der Waals surface area contributed by atoms with Crippen LogP contribution in [0, 0.1) is 0 Å². The Hall–Kier alpha value is -2.07. The van der Waals surface area contributed by atoms with E-state index in [2.05, 4.69) is 0 Å². The van der Waals surface area contributed by atoms with Gasteiger partial charge in [0.2, 0.25) is 0 Å². The lowest BCUT2D eigenvalue weighted by molar-refractivity contribution is 0.100. The summed E-state index contributed by atoms with van der Waals surface area (Å²) in [5.41, 5.74) is 6.12. The number of amides is 1. The van der Waals surface area contributed by atoms with Crippen LogP contribution in [0.15, 0.2) is 46.9 Å². The van der Waals surface area contributed by atoms with Crippen LogP contribution >= 0.6 is 11.3 Å². The molecule has 0 radical (unpaired) electrons. The maximum Gasteiger partial charge on any atom is 0.258 e. The summed E-state index contributed by atoms with van der Waals surface area (Å²) in [6, 6.07) is 13.6. The van der Waals surface area contributed by atoms with Gasteiger partial charge in [-0.3, -0.25) is 4.79 Å². The van der Waals surface area contributed by atoms with E-state index in [0.717, 1.165) is 21.6 Å². The van der Waals surface area contributed by atoms with Gasteiger partial charge >= 0.3 is 0 Å². The van der Waals surface area contributed by atoms with Crippen molar-refractivity contribution in [2.45, 2.75) is 6.42 Å². The number of thiophene rings is 1. The minimum atomic E-state index is -0.379. The van der Waals surface area contributed by atoms with Gasteiger partial charge in [0.15, 0.2) is 0 Å². The van der Waals surface area contributed by atoms with E-state index >= 15 is 0 Å². The van der Waals surface area contributed by atoms with E-state index in [9.17, 15) is 4.79 Å². The van der Waals surface area contributed by atoms with E-state index in [0.29, 0.717) is 11.3 Å². The summed E-state index contributed by atoms with van der Waals surface area (Å²) >= 11 is 1.41. The number of rotatable bonds is 3. The number of hydrogen-bond acceptors (Lipinski definition) is 3. The SMILES string of the molecule is NC(=O)c1ccc(Cc2cc3ccccc3o2)s1. The molecule has 3 aromatic rings. The molecule has 0 aliphatic rings. The van der Waals surface area contributed by atoms with Crippen molar-refractivity contribution in [2.75, 3.05) is 0 Å². The second-order valence-electron chi connectivity index (χ2n) is 4.06. The van der Waals surface area contributed by atoms with Crippen molar-refractivity contribution in [3.8, 4) is 0 Å². The van der Waals surface area contributed by atoms with Crippen LogP contribution in [0.5, 0.6) is 0 Å².